The summed E-state index contributed by atoms with van der Waals surface area (Å²) in [4.78, 5) is 7.51. The molecule has 7 heteroatoms. The molecule has 0 saturated carbocycles. The number of hydrogen-bond acceptors (Lipinski definition) is 5. The Morgan fingerprint density at radius 2 is 2.06 bits per heavy atom. The molecule has 1 aromatic heterocycles. The summed E-state index contributed by atoms with van der Waals surface area (Å²) in [6, 6.07) is 0.00743. The van der Waals surface area contributed by atoms with Gasteiger partial charge in [0.2, 0.25) is 15.0 Å². The Labute approximate surface area is 106 Å². The van der Waals surface area contributed by atoms with Crippen molar-refractivity contribution >= 4 is 21.4 Å². The number of rotatable bonds is 3. The zero-order valence-electron chi connectivity index (χ0n) is 9.26. The lowest BCUT2D eigenvalue weighted by Gasteiger charge is -2.22. The number of sulfone groups is 1. The molecule has 5 nitrogen and oxygen atoms in total. The first-order valence-corrected chi connectivity index (χ1v) is 7.55. The Morgan fingerprint density at radius 3 is 2.65 bits per heavy atom. The van der Waals surface area contributed by atoms with Gasteiger partial charge in [0.05, 0.1) is 23.2 Å². The molecule has 0 unspecified atom stereocenters. The van der Waals surface area contributed by atoms with Gasteiger partial charge in [-0.05, 0) is 19.4 Å². The first-order valence-electron chi connectivity index (χ1n) is 5.51. The van der Waals surface area contributed by atoms with E-state index in [0.29, 0.717) is 5.02 Å². The summed E-state index contributed by atoms with van der Waals surface area (Å²) in [5, 5.41) is 3.38. The summed E-state index contributed by atoms with van der Waals surface area (Å²) in [5.74, 6) is 0.0502. The van der Waals surface area contributed by atoms with Crippen LogP contribution < -0.4 is 5.32 Å². The normalized spacial score (nSPS) is 21.4. The van der Waals surface area contributed by atoms with E-state index in [1.54, 1.807) is 0 Å². The molecule has 1 atom stereocenters. The van der Waals surface area contributed by atoms with E-state index in [9.17, 15) is 8.42 Å². The van der Waals surface area contributed by atoms with Gasteiger partial charge < -0.3 is 5.32 Å². The molecule has 0 aromatic carbocycles. The summed E-state index contributed by atoms with van der Waals surface area (Å²) < 4.78 is 24.0. The molecule has 17 heavy (non-hydrogen) atoms. The standard InChI is InChI=1S/C10H14ClN3O2S/c11-8-5-13-10(14-6-8)17(15,16)7-9-3-1-2-4-12-9/h5-6,9,12H,1-4,7H2/t9-/m0/s1. The maximum Gasteiger partial charge on any atom is 0.247 e. The fourth-order valence-corrected chi connectivity index (χ4v) is 3.35. The number of nitrogens with zero attached hydrogens (tertiary/aromatic N) is 2. The predicted octanol–water partition coefficient (Wildman–Crippen LogP) is 1.05. The lowest BCUT2D eigenvalue weighted by Crippen LogP contribution is -2.39. The largest absolute Gasteiger partial charge is 0.313 e. The van der Waals surface area contributed by atoms with E-state index in [1.165, 1.54) is 12.4 Å². The molecule has 1 aliphatic heterocycles. The zero-order chi connectivity index (χ0) is 12.3. The molecular weight excluding hydrogens is 262 g/mol. The minimum absolute atomic E-state index is 0.00743. The van der Waals surface area contributed by atoms with Gasteiger partial charge in [-0.2, -0.15) is 0 Å². The van der Waals surface area contributed by atoms with Gasteiger partial charge >= 0.3 is 0 Å². The second-order valence-electron chi connectivity index (χ2n) is 4.11. The average Bonchev–Trinajstić information content (AvgIpc) is 2.30. The van der Waals surface area contributed by atoms with E-state index in [1.807, 2.05) is 0 Å². The summed E-state index contributed by atoms with van der Waals surface area (Å²) in [6.07, 6.45) is 5.65. The summed E-state index contributed by atoms with van der Waals surface area (Å²) in [6.45, 7) is 0.877. The molecule has 1 fully saturated rings. The van der Waals surface area contributed by atoms with E-state index in [4.69, 9.17) is 11.6 Å². The molecule has 0 bridgehead atoms. The molecule has 1 N–H and O–H groups in total. The molecule has 2 rings (SSSR count). The predicted molar refractivity (Wildman–Crippen MR) is 64.7 cm³/mol. The lowest BCUT2D eigenvalue weighted by molar-refractivity contribution is 0.423. The maximum absolute atomic E-state index is 12.0. The second-order valence-corrected chi connectivity index (χ2v) is 6.48. The minimum atomic E-state index is -3.42. The van der Waals surface area contributed by atoms with Gasteiger partial charge in [0.15, 0.2) is 0 Å². The molecule has 1 aliphatic rings. The summed E-state index contributed by atoms with van der Waals surface area (Å²) >= 11 is 5.62. The van der Waals surface area contributed by atoms with Crippen LogP contribution in [0.1, 0.15) is 19.3 Å². The minimum Gasteiger partial charge on any atom is -0.313 e. The van der Waals surface area contributed by atoms with Crippen molar-refractivity contribution in [2.24, 2.45) is 0 Å². The van der Waals surface area contributed by atoms with Crippen LogP contribution in [0.2, 0.25) is 5.02 Å². The highest BCUT2D eigenvalue weighted by Crippen LogP contribution is 2.13. The van der Waals surface area contributed by atoms with E-state index in [0.717, 1.165) is 25.8 Å². The van der Waals surface area contributed by atoms with Crippen LogP contribution >= 0.6 is 11.6 Å². The third-order valence-electron chi connectivity index (χ3n) is 2.71. The molecule has 0 radical (unpaired) electrons. The zero-order valence-corrected chi connectivity index (χ0v) is 10.8. The number of aromatic nitrogens is 2. The molecule has 0 amide bonds. The number of piperidine rings is 1. The van der Waals surface area contributed by atoms with E-state index < -0.39 is 9.84 Å². The first kappa shape index (κ1) is 12.7. The Kier molecular flexibility index (Phi) is 3.96. The highest BCUT2D eigenvalue weighted by molar-refractivity contribution is 7.91. The summed E-state index contributed by atoms with van der Waals surface area (Å²) in [7, 11) is -3.42. The molecule has 1 saturated heterocycles. The van der Waals surface area contributed by atoms with Crippen molar-refractivity contribution in [2.45, 2.75) is 30.5 Å². The highest BCUT2D eigenvalue weighted by atomic mass is 35.5. The van der Waals surface area contributed by atoms with Crippen molar-refractivity contribution in [2.75, 3.05) is 12.3 Å². The van der Waals surface area contributed by atoms with Crippen LogP contribution in [0.15, 0.2) is 17.6 Å². The number of halogens is 1. The van der Waals surface area contributed by atoms with Gasteiger partial charge in [-0.3, -0.25) is 0 Å². The van der Waals surface area contributed by atoms with Crippen LogP contribution in [-0.4, -0.2) is 36.7 Å². The fraction of sp³-hybridized carbons (Fsp3) is 0.600. The van der Waals surface area contributed by atoms with Gasteiger partial charge in [-0.1, -0.05) is 18.0 Å². The topological polar surface area (TPSA) is 72.0 Å². The molecule has 0 spiro atoms. The van der Waals surface area contributed by atoms with E-state index in [-0.39, 0.29) is 17.0 Å². The Balaban J connectivity index is 2.10. The molecule has 1 aromatic rings. The van der Waals surface area contributed by atoms with Crippen molar-refractivity contribution < 1.29 is 8.42 Å². The van der Waals surface area contributed by atoms with Crippen LogP contribution in [0.5, 0.6) is 0 Å². The molecule has 2 heterocycles. The van der Waals surface area contributed by atoms with Gasteiger partial charge in [0, 0.05) is 6.04 Å². The third-order valence-corrected chi connectivity index (χ3v) is 4.51. The van der Waals surface area contributed by atoms with Crippen molar-refractivity contribution in [3.8, 4) is 0 Å². The monoisotopic (exact) mass is 275 g/mol. The average molecular weight is 276 g/mol. The van der Waals surface area contributed by atoms with E-state index >= 15 is 0 Å². The quantitative estimate of drug-likeness (QED) is 0.835. The number of nitrogens with one attached hydrogen (secondary N) is 1. The van der Waals surface area contributed by atoms with Crippen LogP contribution in [0.3, 0.4) is 0 Å². The van der Waals surface area contributed by atoms with Crippen molar-refractivity contribution in [3.63, 3.8) is 0 Å². The third kappa shape index (κ3) is 3.37. The van der Waals surface area contributed by atoms with Crippen LogP contribution in [0, 0.1) is 0 Å². The lowest BCUT2D eigenvalue weighted by atomic mass is 10.1. The van der Waals surface area contributed by atoms with Crippen LogP contribution in [0.25, 0.3) is 0 Å². The number of hydrogen-bond donors (Lipinski definition) is 1. The van der Waals surface area contributed by atoms with Gasteiger partial charge in [0.1, 0.15) is 0 Å². The molecule has 94 valence electrons. The SMILES string of the molecule is O=S(=O)(C[C@@H]1CCCCN1)c1ncc(Cl)cn1. The molecule has 0 aliphatic carbocycles. The molecular formula is C10H14ClN3O2S. The van der Waals surface area contributed by atoms with Crippen LogP contribution in [0.4, 0.5) is 0 Å². The smallest absolute Gasteiger partial charge is 0.247 e. The van der Waals surface area contributed by atoms with Gasteiger partial charge in [-0.25, -0.2) is 18.4 Å². The Hall–Kier alpha value is -0.720. The Morgan fingerprint density at radius 1 is 1.35 bits per heavy atom. The van der Waals surface area contributed by atoms with Crippen molar-refractivity contribution in [3.05, 3.63) is 17.4 Å². The van der Waals surface area contributed by atoms with Crippen LogP contribution in [-0.2, 0) is 9.84 Å². The maximum atomic E-state index is 12.0. The first-order chi connectivity index (χ1) is 8.08. The highest BCUT2D eigenvalue weighted by Gasteiger charge is 2.24. The van der Waals surface area contributed by atoms with Gasteiger partial charge in [-0.15, -0.1) is 0 Å². The van der Waals surface area contributed by atoms with E-state index in [2.05, 4.69) is 15.3 Å². The fourth-order valence-electron chi connectivity index (χ4n) is 1.87. The second kappa shape index (κ2) is 5.29. The van der Waals surface area contributed by atoms with Crippen molar-refractivity contribution in [1.82, 2.24) is 15.3 Å². The van der Waals surface area contributed by atoms with Gasteiger partial charge in [0.25, 0.3) is 0 Å². The Bertz CT molecular complexity index is 469. The summed E-state index contributed by atoms with van der Waals surface area (Å²) in [5.41, 5.74) is 0. The van der Waals surface area contributed by atoms with Crippen molar-refractivity contribution in [1.29, 1.82) is 0 Å².